The van der Waals surface area contributed by atoms with Crippen LogP contribution >= 0.6 is 0 Å². The first-order valence-electron chi connectivity index (χ1n) is 9.43. The van der Waals surface area contributed by atoms with Crippen molar-refractivity contribution in [3.8, 4) is 0 Å². The van der Waals surface area contributed by atoms with Gasteiger partial charge in [0, 0.05) is 0 Å². The van der Waals surface area contributed by atoms with Crippen molar-refractivity contribution in [2.45, 2.75) is 39.3 Å². The van der Waals surface area contributed by atoms with Crippen LogP contribution in [-0.2, 0) is 11.3 Å². The zero-order chi connectivity index (χ0) is 19.2. The number of hydrogen-bond acceptors (Lipinski definition) is 3. The number of rotatable bonds is 7. The molecule has 0 aliphatic rings. The molecule has 1 amide bonds. The average Bonchev–Trinajstić information content (AvgIpc) is 2.71. The van der Waals surface area contributed by atoms with Crippen LogP contribution < -0.4 is 10.9 Å². The standard InChI is InChI=1S/C22H25N3O2/c1-3-16(4-2)22(17-10-6-5-7-11-17)24-20(26)15-25-19-13-9-8-12-18(19)23-14-21(25)27/h5-14,16,22H,3-4,15H2,1-2H3,(H,24,26). The third-order valence-corrected chi connectivity index (χ3v) is 5.05. The zero-order valence-electron chi connectivity index (χ0n) is 15.8. The Bertz CT molecular complexity index is 962. The summed E-state index contributed by atoms with van der Waals surface area (Å²) in [6.07, 6.45) is 3.20. The quantitative estimate of drug-likeness (QED) is 0.696. The number of para-hydroxylation sites is 2. The van der Waals surface area contributed by atoms with E-state index in [-0.39, 0.29) is 24.1 Å². The second kappa shape index (κ2) is 8.62. The molecule has 0 radical (unpaired) electrons. The Morgan fingerprint density at radius 3 is 2.41 bits per heavy atom. The Morgan fingerprint density at radius 1 is 1.04 bits per heavy atom. The molecule has 0 bridgehead atoms. The van der Waals surface area contributed by atoms with Gasteiger partial charge in [-0.05, 0) is 23.6 Å². The van der Waals surface area contributed by atoms with E-state index < -0.39 is 0 Å². The molecular formula is C22H25N3O2. The predicted molar refractivity (Wildman–Crippen MR) is 107 cm³/mol. The monoisotopic (exact) mass is 363 g/mol. The third-order valence-electron chi connectivity index (χ3n) is 5.05. The Kier molecular flexibility index (Phi) is 6.01. The van der Waals surface area contributed by atoms with E-state index in [9.17, 15) is 9.59 Å². The van der Waals surface area contributed by atoms with Gasteiger partial charge in [-0.25, -0.2) is 4.98 Å². The van der Waals surface area contributed by atoms with Crippen LogP contribution in [0.4, 0.5) is 0 Å². The summed E-state index contributed by atoms with van der Waals surface area (Å²) >= 11 is 0. The second-order valence-corrected chi connectivity index (χ2v) is 6.70. The van der Waals surface area contributed by atoms with E-state index in [0.29, 0.717) is 17.0 Å². The van der Waals surface area contributed by atoms with Crippen molar-refractivity contribution in [1.29, 1.82) is 0 Å². The van der Waals surface area contributed by atoms with Crippen molar-refractivity contribution in [3.63, 3.8) is 0 Å². The van der Waals surface area contributed by atoms with Gasteiger partial charge in [0.1, 0.15) is 6.54 Å². The molecule has 1 N–H and O–H groups in total. The van der Waals surface area contributed by atoms with Crippen LogP contribution in [0, 0.1) is 5.92 Å². The first-order valence-corrected chi connectivity index (χ1v) is 9.43. The lowest BCUT2D eigenvalue weighted by Crippen LogP contribution is -2.37. The van der Waals surface area contributed by atoms with Gasteiger partial charge in [0.25, 0.3) is 5.56 Å². The van der Waals surface area contributed by atoms with E-state index in [1.807, 2.05) is 54.6 Å². The predicted octanol–water partition coefficient (Wildman–Crippen LogP) is 3.69. The largest absolute Gasteiger partial charge is 0.347 e. The summed E-state index contributed by atoms with van der Waals surface area (Å²) < 4.78 is 1.48. The van der Waals surface area contributed by atoms with Crippen LogP contribution in [0.2, 0.25) is 0 Å². The topological polar surface area (TPSA) is 64.0 Å². The summed E-state index contributed by atoms with van der Waals surface area (Å²) in [6.45, 7) is 4.25. The molecule has 5 nitrogen and oxygen atoms in total. The molecule has 0 fully saturated rings. The first-order chi connectivity index (χ1) is 13.1. The Morgan fingerprint density at radius 2 is 1.70 bits per heavy atom. The summed E-state index contributed by atoms with van der Waals surface area (Å²) in [7, 11) is 0. The van der Waals surface area contributed by atoms with Gasteiger partial charge in [-0.15, -0.1) is 0 Å². The highest BCUT2D eigenvalue weighted by Gasteiger charge is 2.22. The van der Waals surface area contributed by atoms with Crippen molar-refractivity contribution in [2.24, 2.45) is 5.92 Å². The number of amides is 1. The SMILES string of the molecule is CCC(CC)C(NC(=O)Cn1c(=O)cnc2ccccc21)c1ccccc1. The first kappa shape index (κ1) is 18.8. The number of benzene rings is 2. The molecular weight excluding hydrogens is 338 g/mol. The highest BCUT2D eigenvalue weighted by atomic mass is 16.2. The molecule has 5 heteroatoms. The van der Waals surface area contributed by atoms with E-state index in [4.69, 9.17) is 0 Å². The fraction of sp³-hybridized carbons (Fsp3) is 0.318. The van der Waals surface area contributed by atoms with Gasteiger partial charge in [-0.3, -0.25) is 14.2 Å². The number of nitrogens with zero attached hydrogens (tertiary/aromatic N) is 2. The molecule has 140 valence electrons. The molecule has 1 unspecified atom stereocenters. The van der Waals surface area contributed by atoms with Gasteiger partial charge in [0.2, 0.25) is 5.91 Å². The fourth-order valence-electron chi connectivity index (χ4n) is 3.53. The Balaban J connectivity index is 1.87. The van der Waals surface area contributed by atoms with Crippen LogP contribution in [0.5, 0.6) is 0 Å². The van der Waals surface area contributed by atoms with Crippen LogP contribution in [0.25, 0.3) is 11.0 Å². The maximum absolute atomic E-state index is 12.8. The maximum Gasteiger partial charge on any atom is 0.269 e. The molecule has 0 saturated heterocycles. The van der Waals surface area contributed by atoms with Crippen molar-refractivity contribution in [1.82, 2.24) is 14.9 Å². The number of nitrogens with one attached hydrogen (secondary N) is 1. The number of hydrogen-bond donors (Lipinski definition) is 1. The molecule has 1 atom stereocenters. The van der Waals surface area contributed by atoms with Gasteiger partial charge in [-0.2, -0.15) is 0 Å². The molecule has 1 aromatic heterocycles. The molecule has 0 saturated carbocycles. The van der Waals surface area contributed by atoms with Gasteiger partial charge in [0.15, 0.2) is 0 Å². The van der Waals surface area contributed by atoms with E-state index in [1.54, 1.807) is 0 Å². The smallest absolute Gasteiger partial charge is 0.269 e. The Hall–Kier alpha value is -2.95. The van der Waals surface area contributed by atoms with E-state index in [0.717, 1.165) is 18.4 Å². The average molecular weight is 363 g/mol. The summed E-state index contributed by atoms with van der Waals surface area (Å²) in [4.78, 5) is 29.3. The van der Waals surface area contributed by atoms with Gasteiger partial charge in [-0.1, -0.05) is 69.2 Å². The third kappa shape index (κ3) is 4.25. The fourth-order valence-corrected chi connectivity index (χ4v) is 3.53. The van der Waals surface area contributed by atoms with Gasteiger partial charge in [0.05, 0.1) is 23.3 Å². The Labute approximate surface area is 159 Å². The maximum atomic E-state index is 12.8. The zero-order valence-corrected chi connectivity index (χ0v) is 15.8. The lowest BCUT2D eigenvalue weighted by Gasteiger charge is -2.27. The van der Waals surface area contributed by atoms with Crippen LogP contribution in [0.3, 0.4) is 0 Å². The molecule has 0 aliphatic heterocycles. The lowest BCUT2D eigenvalue weighted by molar-refractivity contribution is -0.122. The molecule has 27 heavy (non-hydrogen) atoms. The number of fused-ring (bicyclic) bond motifs is 1. The molecule has 0 spiro atoms. The minimum absolute atomic E-state index is 0.0225. The van der Waals surface area contributed by atoms with E-state index in [2.05, 4.69) is 24.1 Å². The van der Waals surface area contributed by atoms with E-state index >= 15 is 0 Å². The second-order valence-electron chi connectivity index (χ2n) is 6.70. The van der Waals surface area contributed by atoms with Crippen molar-refractivity contribution in [3.05, 3.63) is 76.7 Å². The van der Waals surface area contributed by atoms with Crippen molar-refractivity contribution in [2.75, 3.05) is 0 Å². The molecule has 2 aromatic carbocycles. The summed E-state index contributed by atoms with van der Waals surface area (Å²) in [5.74, 6) is 0.163. The molecule has 0 aliphatic carbocycles. The molecule has 3 rings (SSSR count). The van der Waals surface area contributed by atoms with Crippen LogP contribution in [-0.4, -0.2) is 15.5 Å². The van der Waals surface area contributed by atoms with Crippen molar-refractivity contribution < 1.29 is 4.79 Å². The summed E-state index contributed by atoms with van der Waals surface area (Å²) in [5.41, 5.74) is 2.18. The summed E-state index contributed by atoms with van der Waals surface area (Å²) in [5, 5.41) is 3.16. The normalized spacial score (nSPS) is 12.3. The lowest BCUT2D eigenvalue weighted by atomic mass is 9.89. The molecule has 3 aromatic rings. The minimum Gasteiger partial charge on any atom is -0.347 e. The van der Waals surface area contributed by atoms with Crippen molar-refractivity contribution >= 4 is 16.9 Å². The number of carbonyl (C=O) groups is 1. The molecule has 1 heterocycles. The highest BCUT2D eigenvalue weighted by molar-refractivity contribution is 5.80. The van der Waals surface area contributed by atoms with Gasteiger partial charge < -0.3 is 5.32 Å². The number of carbonyl (C=O) groups excluding carboxylic acids is 1. The highest BCUT2D eigenvalue weighted by Crippen LogP contribution is 2.27. The minimum atomic E-state index is -0.275. The van der Waals surface area contributed by atoms with Gasteiger partial charge >= 0.3 is 0 Å². The number of aromatic nitrogens is 2. The van der Waals surface area contributed by atoms with Crippen LogP contribution in [0.15, 0.2) is 65.6 Å². The van der Waals surface area contributed by atoms with E-state index in [1.165, 1.54) is 10.8 Å². The van der Waals surface area contributed by atoms with Crippen LogP contribution in [0.1, 0.15) is 38.3 Å². The summed E-state index contributed by atoms with van der Waals surface area (Å²) in [6, 6.07) is 17.3.